The molecule has 42 heavy (non-hydrogen) atoms. The van der Waals surface area contributed by atoms with Gasteiger partial charge >= 0.3 is 6.09 Å². The number of hydrogen-bond donors (Lipinski definition) is 6. The van der Waals surface area contributed by atoms with Crippen LogP contribution in [0.3, 0.4) is 0 Å². The van der Waals surface area contributed by atoms with E-state index in [4.69, 9.17) is 24.0 Å². The summed E-state index contributed by atoms with van der Waals surface area (Å²) in [5.41, 5.74) is 3.76. The number of aryl methyl sites for hydroxylation is 2. The van der Waals surface area contributed by atoms with E-state index in [9.17, 15) is 25.2 Å². The number of aliphatic hydroxyl groups excluding tert-OH is 4. The van der Waals surface area contributed by atoms with Crippen molar-refractivity contribution in [1.29, 1.82) is 5.41 Å². The Labute approximate surface area is 241 Å². The smallest absolute Gasteiger partial charge is 0.413 e. The van der Waals surface area contributed by atoms with Gasteiger partial charge in [0.05, 0.1) is 18.3 Å². The van der Waals surface area contributed by atoms with E-state index in [1.807, 2.05) is 42.5 Å². The van der Waals surface area contributed by atoms with Gasteiger partial charge in [0, 0.05) is 11.1 Å². The third kappa shape index (κ3) is 6.62. The third-order valence-electron chi connectivity index (χ3n) is 7.09. The minimum Gasteiger partial charge on any atom is -0.464 e. The fourth-order valence-electron chi connectivity index (χ4n) is 4.74. The molecular formula is C31H32N2O9. The predicted molar refractivity (Wildman–Crippen MR) is 151 cm³/mol. The zero-order valence-corrected chi connectivity index (χ0v) is 22.6. The molecule has 2 heterocycles. The van der Waals surface area contributed by atoms with Gasteiger partial charge < -0.3 is 39.1 Å². The number of amidine groups is 1. The molecule has 1 aromatic heterocycles. The Bertz CT molecular complexity index is 1500. The van der Waals surface area contributed by atoms with Crippen LogP contribution in [0.1, 0.15) is 22.3 Å². The van der Waals surface area contributed by atoms with Crippen LogP contribution < -0.4 is 10.1 Å². The summed E-state index contributed by atoms with van der Waals surface area (Å²) >= 11 is 0. The summed E-state index contributed by atoms with van der Waals surface area (Å²) in [6.07, 6.45) is -4.86. The lowest BCUT2D eigenvalue weighted by Gasteiger charge is -2.39. The number of ether oxygens (including phenoxy) is 3. The second kappa shape index (κ2) is 13.1. The fourth-order valence-corrected chi connectivity index (χ4v) is 4.74. The number of aliphatic hydroxyl groups is 4. The van der Waals surface area contributed by atoms with Crippen LogP contribution >= 0.6 is 0 Å². The maximum absolute atomic E-state index is 12.1. The van der Waals surface area contributed by atoms with Crippen molar-refractivity contribution in [2.75, 3.05) is 6.61 Å². The molecule has 0 radical (unpaired) electrons. The molecule has 4 aromatic rings. The molecule has 1 amide bonds. The van der Waals surface area contributed by atoms with Crippen molar-refractivity contribution in [3.8, 4) is 5.75 Å². The second-order valence-corrected chi connectivity index (χ2v) is 9.96. The lowest BCUT2D eigenvalue weighted by molar-refractivity contribution is -0.277. The molecule has 0 aliphatic carbocycles. The van der Waals surface area contributed by atoms with Crippen LogP contribution in [-0.4, -0.2) is 69.7 Å². The largest absolute Gasteiger partial charge is 0.464 e. The van der Waals surface area contributed by atoms with Crippen LogP contribution in [0, 0.1) is 5.41 Å². The van der Waals surface area contributed by atoms with Gasteiger partial charge in [-0.1, -0.05) is 60.7 Å². The highest BCUT2D eigenvalue weighted by molar-refractivity contribution is 6.04. The monoisotopic (exact) mass is 576 g/mol. The van der Waals surface area contributed by atoms with Gasteiger partial charge in [0.1, 0.15) is 48.2 Å². The van der Waals surface area contributed by atoms with E-state index in [0.717, 1.165) is 16.7 Å². The van der Waals surface area contributed by atoms with E-state index in [2.05, 4.69) is 5.32 Å². The van der Waals surface area contributed by atoms with Crippen molar-refractivity contribution < 1.29 is 43.8 Å². The molecule has 11 nitrogen and oxygen atoms in total. The quantitative estimate of drug-likeness (QED) is 0.129. The minimum atomic E-state index is -1.55. The molecule has 1 aliphatic heterocycles. The van der Waals surface area contributed by atoms with Crippen LogP contribution in [-0.2, 0) is 28.9 Å². The van der Waals surface area contributed by atoms with E-state index in [1.165, 1.54) is 0 Å². The van der Waals surface area contributed by atoms with E-state index >= 15 is 0 Å². The summed E-state index contributed by atoms with van der Waals surface area (Å²) in [6, 6.07) is 21.7. The number of carbonyl (C=O) groups excluding carboxylic acids is 1. The first-order valence-electron chi connectivity index (χ1n) is 13.5. The number of nitrogens with one attached hydrogen (secondary N) is 2. The highest BCUT2D eigenvalue weighted by atomic mass is 16.7. The molecule has 0 bridgehead atoms. The number of fused-ring (bicyclic) bond motifs is 1. The molecule has 1 fully saturated rings. The van der Waals surface area contributed by atoms with E-state index in [1.54, 1.807) is 36.6 Å². The summed E-state index contributed by atoms with van der Waals surface area (Å²) in [7, 11) is 0. The Morgan fingerprint density at radius 2 is 1.64 bits per heavy atom. The SMILES string of the molecule is N=C(NC(=O)OCc1ccccc1)c1ccc(CCc2coc3cccc(O[C@@H]4O[C@H](CO)[C@@H](O)[C@H](O)[C@H]4O)c23)cc1. The number of hydrogen-bond acceptors (Lipinski definition) is 10. The van der Waals surface area contributed by atoms with Crippen molar-refractivity contribution in [3.05, 3.63) is 101 Å². The highest BCUT2D eigenvalue weighted by Gasteiger charge is 2.44. The number of alkyl carbamates (subject to hydrolysis) is 1. The molecule has 5 atom stereocenters. The highest BCUT2D eigenvalue weighted by Crippen LogP contribution is 2.34. The van der Waals surface area contributed by atoms with Crippen molar-refractivity contribution in [1.82, 2.24) is 5.32 Å². The van der Waals surface area contributed by atoms with Gasteiger partial charge in [-0.15, -0.1) is 0 Å². The molecule has 1 aliphatic rings. The molecule has 0 spiro atoms. The average Bonchev–Trinajstić information content (AvgIpc) is 3.44. The van der Waals surface area contributed by atoms with Gasteiger partial charge in [-0.05, 0) is 36.1 Å². The molecule has 220 valence electrons. The van der Waals surface area contributed by atoms with E-state index in [0.29, 0.717) is 35.1 Å². The second-order valence-electron chi connectivity index (χ2n) is 9.96. The van der Waals surface area contributed by atoms with Crippen LogP contribution in [0.15, 0.2) is 83.5 Å². The third-order valence-corrected chi connectivity index (χ3v) is 7.09. The summed E-state index contributed by atoms with van der Waals surface area (Å²) in [5.74, 6) is 0.282. The summed E-state index contributed by atoms with van der Waals surface area (Å²) in [4.78, 5) is 12.1. The Kier molecular flexibility index (Phi) is 9.15. The van der Waals surface area contributed by atoms with Crippen LogP contribution in [0.4, 0.5) is 4.79 Å². The normalized spacial score (nSPS) is 22.0. The number of carbonyl (C=O) groups is 1. The molecular weight excluding hydrogens is 544 g/mol. The van der Waals surface area contributed by atoms with Gasteiger partial charge in [0.15, 0.2) is 0 Å². The van der Waals surface area contributed by atoms with Crippen molar-refractivity contribution in [2.24, 2.45) is 0 Å². The van der Waals surface area contributed by atoms with Crippen LogP contribution in [0.5, 0.6) is 5.75 Å². The van der Waals surface area contributed by atoms with Gasteiger partial charge in [-0.2, -0.15) is 0 Å². The first-order chi connectivity index (χ1) is 20.3. The zero-order chi connectivity index (χ0) is 29.6. The summed E-state index contributed by atoms with van der Waals surface area (Å²) in [5, 5.41) is 51.4. The molecule has 0 unspecified atom stereocenters. The molecule has 0 saturated carbocycles. The fraction of sp³-hybridized carbons (Fsp3) is 0.290. The van der Waals surface area contributed by atoms with Crippen molar-refractivity contribution >= 4 is 22.9 Å². The number of amides is 1. The molecule has 6 N–H and O–H groups in total. The Morgan fingerprint density at radius 3 is 2.38 bits per heavy atom. The molecule has 11 heteroatoms. The summed E-state index contributed by atoms with van der Waals surface area (Å²) in [6.45, 7) is -0.449. The Morgan fingerprint density at radius 1 is 0.881 bits per heavy atom. The van der Waals surface area contributed by atoms with Gasteiger partial charge in [-0.3, -0.25) is 10.7 Å². The van der Waals surface area contributed by atoms with Crippen LogP contribution in [0.25, 0.3) is 11.0 Å². The Balaban J connectivity index is 1.20. The number of furan rings is 1. The van der Waals surface area contributed by atoms with Crippen molar-refractivity contribution in [3.63, 3.8) is 0 Å². The average molecular weight is 577 g/mol. The van der Waals surface area contributed by atoms with Gasteiger partial charge in [0.25, 0.3) is 0 Å². The first-order valence-corrected chi connectivity index (χ1v) is 13.5. The lowest BCUT2D eigenvalue weighted by Crippen LogP contribution is -2.60. The standard InChI is InChI=1S/C31H32N2O9/c32-29(33-31(38)40-16-19-5-2-1-3-6-19)20-12-9-18(10-13-20)11-14-21-17-39-22-7-4-8-23(25(21)22)41-30-28(37)27(36)26(35)24(15-34)42-30/h1-10,12-13,17,24,26-28,30,34-37H,11,14-16H2,(H2,32,33,38)/t24-,26-,27+,28-,30-/m1/s1. The number of rotatable bonds is 9. The topological polar surface area (TPSA) is 175 Å². The van der Waals surface area contributed by atoms with E-state index < -0.39 is 43.4 Å². The maximum Gasteiger partial charge on any atom is 0.413 e. The maximum atomic E-state index is 12.1. The summed E-state index contributed by atoms with van der Waals surface area (Å²) < 4.78 is 22.3. The zero-order valence-electron chi connectivity index (χ0n) is 22.6. The van der Waals surface area contributed by atoms with Crippen LogP contribution in [0.2, 0.25) is 0 Å². The molecule has 3 aromatic carbocycles. The minimum absolute atomic E-state index is 0.0737. The number of benzene rings is 3. The molecule has 1 saturated heterocycles. The van der Waals surface area contributed by atoms with E-state index in [-0.39, 0.29) is 12.4 Å². The first kappa shape index (κ1) is 29.2. The van der Waals surface area contributed by atoms with Crippen molar-refractivity contribution in [2.45, 2.75) is 50.2 Å². The lowest BCUT2D eigenvalue weighted by atomic mass is 9.99. The molecule has 5 rings (SSSR count). The van der Waals surface area contributed by atoms with Gasteiger partial charge in [-0.25, -0.2) is 4.79 Å². The predicted octanol–water partition coefficient (Wildman–Crippen LogP) is 2.65. The van der Waals surface area contributed by atoms with Gasteiger partial charge in [0.2, 0.25) is 6.29 Å². The Hall–Kier alpha value is -4.26.